The number of hydrogen-bond donors (Lipinski definition) is 0. The van der Waals surface area contributed by atoms with Crippen molar-refractivity contribution >= 4 is 5.97 Å². The van der Waals surface area contributed by atoms with E-state index < -0.39 is 12.5 Å². The van der Waals surface area contributed by atoms with E-state index in [-0.39, 0.29) is 34.7 Å². The molecule has 1 aliphatic heterocycles. The molecule has 22 heavy (non-hydrogen) atoms. The molecule has 3 rings (SSSR count). The van der Waals surface area contributed by atoms with Crippen LogP contribution in [0.4, 0.5) is 13.2 Å². The lowest BCUT2D eigenvalue weighted by Crippen LogP contribution is -2.43. The molecule has 1 aliphatic carbocycles. The maximum absolute atomic E-state index is 13.2. The molecule has 0 aromatic heterocycles. The monoisotopic (exact) mass is 316 g/mol. The molecule has 0 radical (unpaired) electrons. The average Bonchev–Trinajstić information content (AvgIpc) is 3.01. The normalized spacial score (nSPS) is 30.5. The molecular weight excluding hydrogens is 301 g/mol. The first kappa shape index (κ1) is 15.0. The summed E-state index contributed by atoms with van der Waals surface area (Å²) >= 11 is 0. The van der Waals surface area contributed by atoms with Gasteiger partial charge in [-0.05, 0) is 23.1 Å². The smallest absolute Gasteiger partial charge is 0.468 e. The van der Waals surface area contributed by atoms with Crippen LogP contribution in [0.1, 0.15) is 25.3 Å². The van der Waals surface area contributed by atoms with Crippen LogP contribution in [0.5, 0.6) is 11.5 Å². The van der Waals surface area contributed by atoms with Gasteiger partial charge in [-0.1, -0.05) is 19.9 Å². The van der Waals surface area contributed by atoms with Crippen LogP contribution < -0.4 is 9.47 Å². The van der Waals surface area contributed by atoms with Crippen molar-refractivity contribution in [1.82, 2.24) is 0 Å². The fraction of sp³-hybridized carbons (Fsp3) is 0.533. The van der Waals surface area contributed by atoms with E-state index in [1.807, 2.05) is 13.8 Å². The Hall–Kier alpha value is -1.92. The number of hydrogen-bond acceptors (Lipinski definition) is 4. The lowest BCUT2D eigenvalue weighted by molar-refractivity contribution is -0.281. The molecule has 7 heteroatoms. The number of benzene rings is 1. The number of alkyl halides is 3. The second-order valence-electron chi connectivity index (χ2n) is 6.10. The highest BCUT2D eigenvalue weighted by molar-refractivity contribution is 5.79. The Morgan fingerprint density at radius 1 is 1.27 bits per heavy atom. The second kappa shape index (κ2) is 4.54. The first-order valence-electron chi connectivity index (χ1n) is 6.78. The predicted molar refractivity (Wildman–Crippen MR) is 69.6 cm³/mol. The summed E-state index contributed by atoms with van der Waals surface area (Å²) < 4.78 is 53.1. The van der Waals surface area contributed by atoms with Gasteiger partial charge >= 0.3 is 18.4 Å². The van der Waals surface area contributed by atoms with Gasteiger partial charge in [-0.15, -0.1) is 0 Å². The maximum Gasteiger partial charge on any atom is 0.468 e. The zero-order valence-electron chi connectivity index (χ0n) is 12.2. The Bertz CT molecular complexity index is 629. The first-order valence-corrected chi connectivity index (χ1v) is 6.78. The van der Waals surface area contributed by atoms with Crippen molar-refractivity contribution in [2.75, 3.05) is 7.11 Å². The summed E-state index contributed by atoms with van der Waals surface area (Å²) in [5.74, 6) is -1.13. The Balaban J connectivity index is 1.90. The maximum atomic E-state index is 13.2. The number of methoxy groups -OCH3 is 1. The number of ether oxygens (including phenoxy) is 3. The molecular formula is C15H15F3O4. The number of halogens is 3. The zero-order valence-corrected chi connectivity index (χ0v) is 12.2. The van der Waals surface area contributed by atoms with Gasteiger partial charge < -0.3 is 14.2 Å². The largest absolute Gasteiger partial charge is 0.469 e. The summed E-state index contributed by atoms with van der Waals surface area (Å²) in [6.45, 7) is 3.81. The van der Waals surface area contributed by atoms with Crippen molar-refractivity contribution in [3.05, 3.63) is 23.8 Å². The van der Waals surface area contributed by atoms with Gasteiger partial charge in [0.05, 0.1) is 13.0 Å². The van der Waals surface area contributed by atoms with Crippen LogP contribution in [-0.2, 0) is 9.53 Å². The summed E-state index contributed by atoms with van der Waals surface area (Å²) in [7, 11) is 1.31. The van der Waals surface area contributed by atoms with Crippen LogP contribution in [0.3, 0.4) is 0 Å². The summed E-state index contributed by atoms with van der Waals surface area (Å²) in [6.07, 6.45) is -6.87. The minimum absolute atomic E-state index is 0.0951. The highest BCUT2D eigenvalue weighted by Gasteiger charge is 2.63. The minimum atomic E-state index is -4.01. The van der Waals surface area contributed by atoms with Gasteiger partial charge in [-0.25, -0.2) is 0 Å². The number of carbonyl (C=O) groups excluding carboxylic acids is 1. The standard InChI is InChI=1S/C15H15F3O4/c1-14(2)10(11(14)12(19)20-3)7-4-5-8-9(6-7)21-13(16)15(17,18)22-8/h4-6,10-11,13H,1-3H3. The molecule has 1 heterocycles. The van der Waals surface area contributed by atoms with Crippen molar-refractivity contribution in [3.63, 3.8) is 0 Å². The Labute approximate surface area is 125 Å². The lowest BCUT2D eigenvalue weighted by atomic mass is 10.0. The third-order valence-corrected chi connectivity index (χ3v) is 4.35. The summed E-state index contributed by atoms with van der Waals surface area (Å²) in [5.41, 5.74) is 0.371. The molecule has 0 amide bonds. The number of esters is 1. The van der Waals surface area contributed by atoms with E-state index in [2.05, 4.69) is 9.47 Å². The quantitative estimate of drug-likeness (QED) is 0.786. The van der Waals surface area contributed by atoms with E-state index >= 15 is 0 Å². The molecule has 0 saturated heterocycles. The Morgan fingerprint density at radius 2 is 1.95 bits per heavy atom. The van der Waals surface area contributed by atoms with Gasteiger partial charge in [0.1, 0.15) is 0 Å². The lowest BCUT2D eigenvalue weighted by Gasteiger charge is -2.28. The van der Waals surface area contributed by atoms with Gasteiger partial charge in [0, 0.05) is 5.92 Å². The van der Waals surface area contributed by atoms with Crippen LogP contribution in [-0.4, -0.2) is 25.5 Å². The highest BCUT2D eigenvalue weighted by Crippen LogP contribution is 2.65. The van der Waals surface area contributed by atoms with Crippen molar-refractivity contribution < 1.29 is 32.2 Å². The number of fused-ring (bicyclic) bond motifs is 1. The van der Waals surface area contributed by atoms with Crippen molar-refractivity contribution in [2.45, 2.75) is 32.2 Å². The molecule has 3 atom stereocenters. The zero-order chi connectivity index (χ0) is 16.3. The van der Waals surface area contributed by atoms with Crippen LogP contribution in [0.15, 0.2) is 18.2 Å². The topological polar surface area (TPSA) is 44.8 Å². The summed E-state index contributed by atoms with van der Waals surface area (Å²) in [6, 6.07) is 4.31. The second-order valence-corrected chi connectivity index (χ2v) is 6.10. The number of carbonyl (C=O) groups is 1. The van der Waals surface area contributed by atoms with Gasteiger partial charge in [0.2, 0.25) is 0 Å². The van der Waals surface area contributed by atoms with E-state index in [4.69, 9.17) is 4.74 Å². The molecule has 0 spiro atoms. The third kappa shape index (κ3) is 2.10. The molecule has 1 fully saturated rings. The van der Waals surface area contributed by atoms with Gasteiger partial charge in [0.15, 0.2) is 11.5 Å². The van der Waals surface area contributed by atoms with E-state index in [1.54, 1.807) is 6.07 Å². The van der Waals surface area contributed by atoms with Crippen LogP contribution in [0.25, 0.3) is 0 Å². The van der Waals surface area contributed by atoms with Gasteiger partial charge in [-0.3, -0.25) is 4.79 Å². The molecule has 4 nitrogen and oxygen atoms in total. The summed E-state index contributed by atoms with van der Waals surface area (Å²) in [4.78, 5) is 11.8. The van der Waals surface area contributed by atoms with E-state index in [9.17, 15) is 18.0 Å². The fourth-order valence-corrected chi connectivity index (χ4v) is 3.09. The third-order valence-electron chi connectivity index (χ3n) is 4.35. The number of rotatable bonds is 2. The van der Waals surface area contributed by atoms with Crippen LogP contribution in [0.2, 0.25) is 0 Å². The Morgan fingerprint density at radius 3 is 2.59 bits per heavy atom. The molecule has 120 valence electrons. The van der Waals surface area contributed by atoms with Crippen molar-refractivity contribution in [2.24, 2.45) is 11.3 Å². The van der Waals surface area contributed by atoms with E-state index in [0.717, 1.165) is 0 Å². The molecule has 1 aromatic carbocycles. The summed E-state index contributed by atoms with van der Waals surface area (Å²) in [5, 5.41) is 0. The molecule has 1 aromatic rings. The first-order chi connectivity index (χ1) is 10.2. The van der Waals surface area contributed by atoms with Crippen molar-refractivity contribution in [1.29, 1.82) is 0 Å². The average molecular weight is 316 g/mol. The fourth-order valence-electron chi connectivity index (χ4n) is 3.09. The SMILES string of the molecule is COC(=O)C1C(c2ccc3c(c2)OC(F)C(F)(F)O3)C1(C)C. The molecule has 2 aliphatic rings. The van der Waals surface area contributed by atoms with Gasteiger partial charge in [-0.2, -0.15) is 13.2 Å². The molecule has 0 bridgehead atoms. The van der Waals surface area contributed by atoms with Crippen molar-refractivity contribution in [3.8, 4) is 11.5 Å². The van der Waals surface area contributed by atoms with Crippen LogP contribution in [0, 0.1) is 11.3 Å². The highest BCUT2D eigenvalue weighted by atomic mass is 19.3. The minimum Gasteiger partial charge on any atom is -0.469 e. The molecule has 1 saturated carbocycles. The van der Waals surface area contributed by atoms with Gasteiger partial charge in [0.25, 0.3) is 0 Å². The van der Waals surface area contributed by atoms with Crippen LogP contribution >= 0.6 is 0 Å². The predicted octanol–water partition coefficient (Wildman–Crippen LogP) is 3.26. The van der Waals surface area contributed by atoms with E-state index in [0.29, 0.717) is 5.56 Å². The molecule has 3 unspecified atom stereocenters. The Kier molecular flexibility index (Phi) is 3.09. The van der Waals surface area contributed by atoms with E-state index in [1.165, 1.54) is 19.2 Å². The molecule has 0 N–H and O–H groups in total.